The molecule has 0 saturated heterocycles. The highest BCUT2D eigenvalue weighted by Gasteiger charge is 2.28. The van der Waals surface area contributed by atoms with Crippen LogP contribution in [0.4, 0.5) is 13.2 Å². The lowest BCUT2D eigenvalue weighted by Crippen LogP contribution is -2.38. The maximum Gasteiger partial charge on any atom is 0.389 e. The summed E-state index contributed by atoms with van der Waals surface area (Å²) in [5.74, 6) is 5.30. The summed E-state index contributed by atoms with van der Waals surface area (Å²) in [6.07, 6.45) is -4.56. The van der Waals surface area contributed by atoms with Gasteiger partial charge in [-0.25, -0.2) is 0 Å². The molecule has 1 rings (SSSR count). The molecule has 104 valence electrons. The van der Waals surface area contributed by atoms with Gasteiger partial charge in [-0.15, -0.1) is 0 Å². The normalized spacial score (nSPS) is 13.9. The van der Waals surface area contributed by atoms with Crippen LogP contribution < -0.4 is 11.3 Å². The van der Waals surface area contributed by atoms with Crippen molar-refractivity contribution in [3.8, 4) is 0 Å². The van der Waals surface area contributed by atoms with Crippen LogP contribution in [0.1, 0.15) is 31.2 Å². The van der Waals surface area contributed by atoms with Crippen LogP contribution in [0.5, 0.6) is 0 Å². The summed E-state index contributed by atoms with van der Waals surface area (Å²) in [6, 6.07) is 1.48. The molecule has 1 aromatic heterocycles. The smallest absolute Gasteiger partial charge is 0.271 e. The fraction of sp³-hybridized carbons (Fsp3) is 0.727. The summed E-state index contributed by atoms with van der Waals surface area (Å²) < 4.78 is 38.2. The molecule has 1 unspecified atom stereocenters. The minimum absolute atomic E-state index is 0.0338. The van der Waals surface area contributed by atoms with E-state index in [0.717, 1.165) is 11.4 Å². The number of halogens is 3. The van der Waals surface area contributed by atoms with Gasteiger partial charge < -0.3 is 0 Å². The third-order valence-corrected chi connectivity index (χ3v) is 2.75. The van der Waals surface area contributed by atoms with Crippen LogP contribution in [0.15, 0.2) is 6.07 Å². The topological polar surface area (TPSA) is 55.9 Å². The minimum atomic E-state index is -4.14. The third-order valence-electron chi connectivity index (χ3n) is 2.75. The predicted octanol–water partition coefficient (Wildman–Crippen LogP) is 1.93. The number of nitrogens with one attached hydrogen (secondary N) is 1. The maximum absolute atomic E-state index is 12.2. The summed E-state index contributed by atoms with van der Waals surface area (Å²) in [5.41, 5.74) is 4.21. The number of alkyl halides is 3. The molecule has 0 aliphatic heterocycles. The number of rotatable bonds is 6. The van der Waals surface area contributed by atoms with Gasteiger partial charge in [0.1, 0.15) is 0 Å². The molecule has 3 N–H and O–H groups in total. The number of nitrogens with zero attached hydrogens (tertiary/aromatic N) is 2. The number of hydrogen-bond donors (Lipinski definition) is 2. The van der Waals surface area contributed by atoms with Gasteiger partial charge in [0, 0.05) is 31.1 Å². The standard InChI is InChI=1S/C11H19F3N4/c1-3-18-10(6-8(2)17-18)7-9(16-15)4-5-11(12,13)14/h6,9,16H,3-5,7,15H2,1-2H3. The molecule has 1 heterocycles. The van der Waals surface area contributed by atoms with Crippen LogP contribution in [0.25, 0.3) is 0 Å². The van der Waals surface area contributed by atoms with E-state index in [1.807, 2.05) is 19.9 Å². The zero-order chi connectivity index (χ0) is 13.8. The Bertz CT molecular complexity index is 373. The van der Waals surface area contributed by atoms with Crippen molar-refractivity contribution in [2.75, 3.05) is 0 Å². The Kier molecular flexibility index (Phi) is 5.15. The molecule has 18 heavy (non-hydrogen) atoms. The van der Waals surface area contributed by atoms with Gasteiger partial charge in [0.25, 0.3) is 0 Å². The Morgan fingerprint density at radius 2 is 2.17 bits per heavy atom. The van der Waals surface area contributed by atoms with Gasteiger partial charge in [0.05, 0.1) is 5.69 Å². The Morgan fingerprint density at radius 3 is 2.67 bits per heavy atom. The first-order chi connectivity index (χ1) is 8.35. The van der Waals surface area contributed by atoms with Crippen molar-refractivity contribution in [3.63, 3.8) is 0 Å². The van der Waals surface area contributed by atoms with Gasteiger partial charge in [0.15, 0.2) is 0 Å². The van der Waals surface area contributed by atoms with Gasteiger partial charge in [-0.1, -0.05) is 0 Å². The van der Waals surface area contributed by atoms with Crippen LogP contribution in [-0.4, -0.2) is 22.0 Å². The Balaban J connectivity index is 2.62. The Morgan fingerprint density at radius 1 is 1.50 bits per heavy atom. The summed E-state index contributed by atoms with van der Waals surface area (Å²) >= 11 is 0. The van der Waals surface area contributed by atoms with Gasteiger partial charge in [0.2, 0.25) is 0 Å². The molecule has 0 spiro atoms. The predicted molar refractivity (Wildman–Crippen MR) is 62.7 cm³/mol. The molecule has 0 aliphatic carbocycles. The van der Waals surface area contributed by atoms with E-state index in [9.17, 15) is 13.2 Å². The van der Waals surface area contributed by atoms with Crippen molar-refractivity contribution in [1.29, 1.82) is 0 Å². The summed E-state index contributed by atoms with van der Waals surface area (Å²) in [7, 11) is 0. The van der Waals surface area contributed by atoms with E-state index in [2.05, 4.69) is 10.5 Å². The van der Waals surface area contributed by atoms with E-state index in [-0.39, 0.29) is 6.42 Å². The molecule has 1 atom stereocenters. The second kappa shape index (κ2) is 6.19. The fourth-order valence-corrected chi connectivity index (χ4v) is 1.87. The molecule has 0 amide bonds. The first-order valence-electron chi connectivity index (χ1n) is 5.92. The molecular weight excluding hydrogens is 245 g/mol. The molecule has 0 saturated carbocycles. The van der Waals surface area contributed by atoms with Crippen LogP contribution in [0.2, 0.25) is 0 Å². The average molecular weight is 264 g/mol. The minimum Gasteiger partial charge on any atom is -0.271 e. The summed E-state index contributed by atoms with van der Waals surface area (Å²) in [5, 5.41) is 4.25. The second-order valence-electron chi connectivity index (χ2n) is 4.31. The van der Waals surface area contributed by atoms with E-state index in [1.54, 1.807) is 4.68 Å². The SMILES string of the molecule is CCn1nc(C)cc1CC(CCC(F)(F)F)NN. The quantitative estimate of drug-likeness (QED) is 0.609. The molecule has 0 bridgehead atoms. The highest BCUT2D eigenvalue weighted by atomic mass is 19.4. The molecule has 0 aliphatic rings. The molecule has 1 aromatic rings. The summed E-state index contributed by atoms with van der Waals surface area (Å²) in [6.45, 7) is 4.49. The molecule has 0 radical (unpaired) electrons. The van der Waals surface area contributed by atoms with E-state index in [1.165, 1.54) is 0 Å². The molecular formula is C11H19F3N4. The first-order valence-corrected chi connectivity index (χ1v) is 5.92. The Labute approximate surface area is 104 Å². The van der Waals surface area contributed by atoms with Gasteiger partial charge >= 0.3 is 6.18 Å². The highest BCUT2D eigenvalue weighted by Crippen LogP contribution is 2.23. The number of aryl methyl sites for hydroxylation is 2. The van der Waals surface area contributed by atoms with Gasteiger partial charge in [-0.05, 0) is 26.3 Å². The lowest BCUT2D eigenvalue weighted by Gasteiger charge is -2.17. The third kappa shape index (κ3) is 4.66. The van der Waals surface area contributed by atoms with E-state index in [4.69, 9.17) is 5.84 Å². The zero-order valence-electron chi connectivity index (χ0n) is 10.6. The van der Waals surface area contributed by atoms with Crippen molar-refractivity contribution >= 4 is 0 Å². The van der Waals surface area contributed by atoms with Crippen molar-refractivity contribution in [2.45, 2.75) is 51.9 Å². The van der Waals surface area contributed by atoms with E-state index < -0.39 is 18.6 Å². The average Bonchev–Trinajstić information content (AvgIpc) is 2.63. The monoisotopic (exact) mass is 264 g/mol. The van der Waals surface area contributed by atoms with Crippen molar-refractivity contribution in [2.24, 2.45) is 5.84 Å². The second-order valence-corrected chi connectivity index (χ2v) is 4.31. The van der Waals surface area contributed by atoms with Crippen LogP contribution >= 0.6 is 0 Å². The van der Waals surface area contributed by atoms with Crippen molar-refractivity contribution in [3.05, 3.63) is 17.5 Å². The van der Waals surface area contributed by atoms with Crippen LogP contribution in [-0.2, 0) is 13.0 Å². The number of hydrogen-bond acceptors (Lipinski definition) is 3. The van der Waals surface area contributed by atoms with Crippen molar-refractivity contribution in [1.82, 2.24) is 15.2 Å². The summed E-state index contributed by atoms with van der Waals surface area (Å²) in [4.78, 5) is 0. The lowest BCUT2D eigenvalue weighted by molar-refractivity contribution is -0.136. The van der Waals surface area contributed by atoms with E-state index >= 15 is 0 Å². The Hall–Kier alpha value is -1.08. The first kappa shape index (κ1) is 15.0. The van der Waals surface area contributed by atoms with E-state index in [0.29, 0.717) is 13.0 Å². The maximum atomic E-state index is 12.2. The molecule has 7 heteroatoms. The number of hydrazine groups is 1. The van der Waals surface area contributed by atoms with Gasteiger partial charge in [-0.2, -0.15) is 18.3 Å². The lowest BCUT2D eigenvalue weighted by atomic mass is 10.1. The largest absolute Gasteiger partial charge is 0.389 e. The van der Waals surface area contributed by atoms with Crippen molar-refractivity contribution < 1.29 is 13.2 Å². The fourth-order valence-electron chi connectivity index (χ4n) is 1.87. The molecule has 0 aromatic carbocycles. The van der Waals surface area contributed by atoms with Gasteiger partial charge in [-0.3, -0.25) is 16.0 Å². The number of nitrogens with two attached hydrogens (primary N) is 1. The molecule has 4 nitrogen and oxygen atoms in total. The zero-order valence-corrected chi connectivity index (χ0v) is 10.6. The van der Waals surface area contributed by atoms with Crippen LogP contribution in [0.3, 0.4) is 0 Å². The molecule has 0 fully saturated rings. The number of aromatic nitrogens is 2. The van der Waals surface area contributed by atoms with Crippen LogP contribution in [0, 0.1) is 6.92 Å². The highest BCUT2D eigenvalue weighted by molar-refractivity contribution is 5.10.